The summed E-state index contributed by atoms with van der Waals surface area (Å²) in [5, 5.41) is -1.10. The molecule has 6 heteroatoms. The van der Waals surface area contributed by atoms with Crippen molar-refractivity contribution in [2.24, 2.45) is 0 Å². The van der Waals surface area contributed by atoms with Crippen molar-refractivity contribution >= 4 is 26.2 Å². The van der Waals surface area contributed by atoms with Crippen LogP contribution in [0, 0.1) is 0 Å². The van der Waals surface area contributed by atoms with Crippen molar-refractivity contribution in [3.8, 4) is 5.75 Å². The number of halogens is 2. The Morgan fingerprint density at radius 2 is 2.20 bits per heavy atom. The Labute approximate surface area is 95.6 Å². The topological polar surface area (TPSA) is 43.4 Å². The molecular weight excluding hydrogens is 287 g/mol. The molecule has 0 saturated heterocycles. The summed E-state index contributed by atoms with van der Waals surface area (Å²) in [4.78, 5) is 0. The average Bonchev–Trinajstić information content (AvgIpc) is 2.15. The molecule has 0 amide bonds. The van der Waals surface area contributed by atoms with E-state index in [0.29, 0.717) is 15.8 Å². The lowest BCUT2D eigenvalue weighted by Gasteiger charge is -2.23. The molecule has 0 bridgehead atoms. The van der Waals surface area contributed by atoms with Crippen molar-refractivity contribution in [2.75, 3.05) is 6.61 Å². The van der Waals surface area contributed by atoms with Gasteiger partial charge in [-0.15, -0.1) is 3.89 Å². The summed E-state index contributed by atoms with van der Waals surface area (Å²) in [5.74, 6) is 0.440. The van der Waals surface area contributed by atoms with E-state index in [-0.39, 0.29) is 13.0 Å². The SMILES string of the molecule is O=S(=O)(F)C1CCOc2ccc(Br)cc21. The van der Waals surface area contributed by atoms with Crippen LogP contribution in [0.3, 0.4) is 0 Å². The summed E-state index contributed by atoms with van der Waals surface area (Å²) in [5.41, 5.74) is 0.387. The number of hydrogen-bond donors (Lipinski definition) is 0. The van der Waals surface area contributed by atoms with Crippen LogP contribution >= 0.6 is 15.9 Å². The van der Waals surface area contributed by atoms with Crippen LogP contribution in [0.5, 0.6) is 5.75 Å². The van der Waals surface area contributed by atoms with Crippen LogP contribution in [0.4, 0.5) is 3.89 Å². The summed E-state index contributed by atoms with van der Waals surface area (Å²) in [7, 11) is -4.56. The number of fused-ring (bicyclic) bond motifs is 1. The van der Waals surface area contributed by atoms with Crippen LogP contribution in [0.15, 0.2) is 22.7 Å². The van der Waals surface area contributed by atoms with Crippen LogP contribution < -0.4 is 4.74 Å². The second kappa shape index (κ2) is 3.75. The van der Waals surface area contributed by atoms with Crippen LogP contribution in [0.2, 0.25) is 0 Å². The van der Waals surface area contributed by atoms with Crippen LogP contribution in [-0.4, -0.2) is 15.0 Å². The van der Waals surface area contributed by atoms with Gasteiger partial charge in [-0.1, -0.05) is 15.9 Å². The molecular formula is C9H8BrFO3S. The highest BCUT2D eigenvalue weighted by Crippen LogP contribution is 2.39. The lowest BCUT2D eigenvalue weighted by molar-refractivity contribution is 0.281. The second-order valence-corrected chi connectivity index (χ2v) is 5.72. The molecule has 0 N–H and O–H groups in total. The van der Waals surface area contributed by atoms with E-state index in [1.54, 1.807) is 18.2 Å². The minimum atomic E-state index is -4.56. The molecule has 0 spiro atoms. The van der Waals surface area contributed by atoms with Crippen LogP contribution in [-0.2, 0) is 10.2 Å². The predicted molar refractivity (Wildman–Crippen MR) is 57.0 cm³/mol. The Morgan fingerprint density at radius 1 is 1.47 bits per heavy atom. The van der Waals surface area contributed by atoms with Gasteiger partial charge in [0.15, 0.2) is 0 Å². The zero-order chi connectivity index (χ0) is 11.1. The standard InChI is InChI=1S/C9H8BrFO3S/c10-6-1-2-8-7(5-6)9(3-4-14-8)15(11,12)13/h1-2,5,9H,3-4H2. The first-order chi connectivity index (χ1) is 6.98. The summed E-state index contributed by atoms with van der Waals surface area (Å²) in [6.45, 7) is 0.225. The Morgan fingerprint density at radius 3 is 2.87 bits per heavy atom. The highest BCUT2D eigenvalue weighted by Gasteiger charge is 2.32. The molecule has 2 rings (SSSR count). The van der Waals surface area contributed by atoms with E-state index >= 15 is 0 Å². The van der Waals surface area contributed by atoms with Gasteiger partial charge in [-0.25, -0.2) is 0 Å². The number of benzene rings is 1. The Bertz CT molecular complexity index is 486. The highest BCUT2D eigenvalue weighted by molar-refractivity contribution is 9.10. The fourth-order valence-corrected chi connectivity index (χ4v) is 2.87. The van der Waals surface area contributed by atoms with Gasteiger partial charge in [0.25, 0.3) is 0 Å². The average molecular weight is 295 g/mol. The Hall–Kier alpha value is -0.620. The van der Waals surface area contributed by atoms with E-state index < -0.39 is 15.5 Å². The molecule has 0 saturated carbocycles. The molecule has 1 aromatic carbocycles. The van der Waals surface area contributed by atoms with Crippen LogP contribution in [0.25, 0.3) is 0 Å². The van der Waals surface area contributed by atoms with Gasteiger partial charge in [0, 0.05) is 16.5 Å². The van der Waals surface area contributed by atoms with E-state index in [0.717, 1.165) is 0 Å². The van der Waals surface area contributed by atoms with E-state index in [1.807, 2.05) is 0 Å². The van der Waals surface area contributed by atoms with Gasteiger partial charge in [-0.05, 0) is 18.2 Å². The maximum Gasteiger partial charge on any atom is 0.309 e. The number of rotatable bonds is 1. The van der Waals surface area contributed by atoms with Crippen molar-refractivity contribution in [2.45, 2.75) is 11.7 Å². The summed E-state index contributed by atoms with van der Waals surface area (Å²) in [6.07, 6.45) is 0.155. The summed E-state index contributed by atoms with van der Waals surface area (Å²) >= 11 is 3.21. The Balaban J connectivity index is 2.55. The van der Waals surface area contributed by atoms with Gasteiger partial charge in [0.1, 0.15) is 11.0 Å². The lowest BCUT2D eigenvalue weighted by atomic mass is 10.1. The highest BCUT2D eigenvalue weighted by atomic mass is 79.9. The van der Waals surface area contributed by atoms with Crippen molar-refractivity contribution in [1.29, 1.82) is 0 Å². The molecule has 1 aliphatic heterocycles. The van der Waals surface area contributed by atoms with Gasteiger partial charge in [0.05, 0.1) is 6.61 Å². The van der Waals surface area contributed by atoms with Gasteiger partial charge in [0.2, 0.25) is 0 Å². The minimum Gasteiger partial charge on any atom is -0.493 e. The molecule has 1 aliphatic rings. The maximum atomic E-state index is 13.0. The third kappa shape index (κ3) is 2.15. The molecule has 0 aromatic heterocycles. The molecule has 82 valence electrons. The smallest absolute Gasteiger partial charge is 0.309 e. The molecule has 3 nitrogen and oxygen atoms in total. The van der Waals surface area contributed by atoms with Gasteiger partial charge in [-0.2, -0.15) is 8.42 Å². The van der Waals surface area contributed by atoms with E-state index in [4.69, 9.17) is 4.74 Å². The van der Waals surface area contributed by atoms with Crippen LogP contribution in [0.1, 0.15) is 17.2 Å². The number of hydrogen-bond acceptors (Lipinski definition) is 3. The zero-order valence-corrected chi connectivity index (χ0v) is 10.0. The molecule has 1 heterocycles. The Kier molecular flexibility index (Phi) is 2.72. The molecule has 1 aromatic rings. The number of ether oxygens (including phenoxy) is 1. The van der Waals surface area contributed by atoms with Gasteiger partial charge < -0.3 is 4.74 Å². The van der Waals surface area contributed by atoms with Gasteiger partial charge >= 0.3 is 10.2 Å². The van der Waals surface area contributed by atoms with Crippen molar-refractivity contribution < 1.29 is 17.0 Å². The first kappa shape index (κ1) is 10.9. The minimum absolute atomic E-state index is 0.155. The molecule has 1 unspecified atom stereocenters. The quantitative estimate of drug-likeness (QED) is 0.748. The summed E-state index contributed by atoms with van der Waals surface area (Å²) < 4.78 is 40.8. The third-order valence-electron chi connectivity index (χ3n) is 2.30. The molecule has 1 atom stereocenters. The van der Waals surface area contributed by atoms with E-state index in [1.165, 1.54) is 0 Å². The second-order valence-electron chi connectivity index (χ2n) is 3.28. The normalized spacial score (nSPS) is 20.5. The fourth-order valence-electron chi connectivity index (χ4n) is 1.63. The monoisotopic (exact) mass is 294 g/mol. The first-order valence-electron chi connectivity index (χ1n) is 4.34. The fraction of sp³-hybridized carbons (Fsp3) is 0.333. The molecule has 15 heavy (non-hydrogen) atoms. The van der Waals surface area contributed by atoms with Crippen molar-refractivity contribution in [3.63, 3.8) is 0 Å². The first-order valence-corrected chi connectivity index (χ1v) is 6.58. The molecule has 0 fully saturated rings. The maximum absolute atomic E-state index is 13.0. The lowest BCUT2D eigenvalue weighted by Crippen LogP contribution is -2.18. The largest absolute Gasteiger partial charge is 0.493 e. The molecule has 0 radical (unpaired) electrons. The zero-order valence-electron chi connectivity index (χ0n) is 7.61. The van der Waals surface area contributed by atoms with E-state index in [9.17, 15) is 12.3 Å². The third-order valence-corrected chi connectivity index (χ3v) is 3.96. The van der Waals surface area contributed by atoms with E-state index in [2.05, 4.69) is 15.9 Å². The predicted octanol–water partition coefficient (Wildman–Crippen LogP) is 2.57. The van der Waals surface area contributed by atoms with Crippen molar-refractivity contribution in [3.05, 3.63) is 28.2 Å². The molecule has 0 aliphatic carbocycles. The van der Waals surface area contributed by atoms with Crippen molar-refractivity contribution in [1.82, 2.24) is 0 Å². The summed E-state index contributed by atoms with van der Waals surface area (Å²) in [6, 6.07) is 4.94. The van der Waals surface area contributed by atoms with Gasteiger partial charge in [-0.3, -0.25) is 0 Å².